The quantitative estimate of drug-likeness (QED) is 0.788. The number of nitrogens with zero attached hydrogens (tertiary/aromatic N) is 2. The number of halogens is 2. The van der Waals surface area contributed by atoms with Gasteiger partial charge in [0.05, 0.1) is 11.4 Å². The minimum Gasteiger partial charge on any atom is -0.303 e. The van der Waals surface area contributed by atoms with Gasteiger partial charge in [0, 0.05) is 18.2 Å². The third-order valence-electron chi connectivity index (χ3n) is 3.57. The first kappa shape index (κ1) is 15.1. The first-order chi connectivity index (χ1) is 11.1. The number of hydrogen-bond donors (Lipinski definition) is 0. The van der Waals surface area contributed by atoms with E-state index in [9.17, 15) is 13.6 Å². The van der Waals surface area contributed by atoms with Crippen molar-refractivity contribution in [1.29, 1.82) is 0 Å². The predicted molar refractivity (Wildman–Crippen MR) is 86.2 cm³/mol. The number of anilines is 1. The summed E-state index contributed by atoms with van der Waals surface area (Å²) < 4.78 is 26.4. The van der Waals surface area contributed by atoms with Crippen LogP contribution in [0, 0.1) is 11.6 Å². The maximum Gasteiger partial charge on any atom is 0.277 e. The minimum atomic E-state index is -0.989. The Bertz CT molecular complexity index is 828. The van der Waals surface area contributed by atoms with Crippen LogP contribution in [0.1, 0.15) is 12.5 Å². The fourth-order valence-electron chi connectivity index (χ4n) is 2.45. The van der Waals surface area contributed by atoms with Gasteiger partial charge in [-0.05, 0) is 25.1 Å². The van der Waals surface area contributed by atoms with Crippen molar-refractivity contribution in [3.05, 3.63) is 71.8 Å². The van der Waals surface area contributed by atoms with Gasteiger partial charge in [-0.3, -0.25) is 4.79 Å². The zero-order chi connectivity index (χ0) is 16.4. The number of carbonyl (C=O) groups is 1. The number of carbonyl (C=O) groups excluding carboxylic acids is 1. The average Bonchev–Trinajstić information content (AvgIpc) is 2.81. The molecule has 2 aromatic rings. The molecule has 116 valence electrons. The Balaban J connectivity index is 2.07. The largest absolute Gasteiger partial charge is 0.303 e. The van der Waals surface area contributed by atoms with Crippen molar-refractivity contribution in [2.45, 2.75) is 6.92 Å². The van der Waals surface area contributed by atoms with Gasteiger partial charge in [0.1, 0.15) is 5.71 Å². The Hall–Kier alpha value is -2.82. The molecule has 0 saturated carbocycles. The van der Waals surface area contributed by atoms with E-state index in [-0.39, 0.29) is 17.3 Å². The van der Waals surface area contributed by atoms with Crippen LogP contribution >= 0.6 is 0 Å². The molecule has 0 unspecified atom stereocenters. The van der Waals surface area contributed by atoms with Gasteiger partial charge in [-0.15, -0.1) is 0 Å². The number of hydrogen-bond acceptors (Lipinski definition) is 2. The molecule has 2 aromatic carbocycles. The Kier molecular flexibility index (Phi) is 4.02. The molecule has 1 aliphatic rings. The van der Waals surface area contributed by atoms with Crippen molar-refractivity contribution in [1.82, 2.24) is 0 Å². The first-order valence-electron chi connectivity index (χ1n) is 7.18. The average molecular weight is 312 g/mol. The van der Waals surface area contributed by atoms with Crippen molar-refractivity contribution in [2.75, 3.05) is 11.4 Å². The molecule has 0 bridgehead atoms. The molecule has 0 saturated heterocycles. The highest BCUT2D eigenvalue weighted by molar-refractivity contribution is 6.54. The number of aliphatic imine (C=N–C) groups is 1. The van der Waals surface area contributed by atoms with Gasteiger partial charge in [-0.25, -0.2) is 13.8 Å². The van der Waals surface area contributed by atoms with Crippen molar-refractivity contribution >= 4 is 23.0 Å². The van der Waals surface area contributed by atoms with Gasteiger partial charge < -0.3 is 4.90 Å². The molecule has 0 aliphatic carbocycles. The zero-order valence-electron chi connectivity index (χ0n) is 12.5. The lowest BCUT2D eigenvalue weighted by Gasteiger charge is -2.13. The summed E-state index contributed by atoms with van der Waals surface area (Å²) in [6, 6.07) is 10.6. The van der Waals surface area contributed by atoms with E-state index in [4.69, 9.17) is 0 Å². The van der Waals surface area contributed by atoms with E-state index in [0.717, 1.165) is 17.8 Å². The van der Waals surface area contributed by atoms with Crippen LogP contribution in [-0.2, 0) is 4.79 Å². The summed E-state index contributed by atoms with van der Waals surface area (Å²) in [5.41, 5.74) is 1.88. The van der Waals surface area contributed by atoms with Crippen LogP contribution in [0.5, 0.6) is 0 Å². The van der Waals surface area contributed by atoms with E-state index >= 15 is 0 Å². The van der Waals surface area contributed by atoms with E-state index in [0.29, 0.717) is 12.1 Å². The normalized spacial score (nSPS) is 15.7. The Morgan fingerprint density at radius 2 is 1.91 bits per heavy atom. The standard InChI is InChI=1S/C18H14F2N2O/c1-2-3-10-22-16-7-5-4-6-13(16)17(18(22)23)21-12-8-9-14(19)15(20)11-12/h2-9,11H,10H2,1H3/b3-2-,21-17?. The number of fused-ring (bicyclic) bond motifs is 1. The molecule has 1 aliphatic heterocycles. The molecule has 0 aromatic heterocycles. The van der Waals surface area contributed by atoms with Crippen LogP contribution in [-0.4, -0.2) is 18.2 Å². The molecule has 1 heterocycles. The van der Waals surface area contributed by atoms with E-state index in [1.165, 1.54) is 6.07 Å². The number of para-hydroxylation sites is 1. The van der Waals surface area contributed by atoms with Gasteiger partial charge in [-0.1, -0.05) is 30.4 Å². The highest BCUT2D eigenvalue weighted by Crippen LogP contribution is 2.30. The van der Waals surface area contributed by atoms with Crippen LogP contribution in [0.15, 0.2) is 59.6 Å². The van der Waals surface area contributed by atoms with E-state index in [2.05, 4.69) is 4.99 Å². The smallest absolute Gasteiger partial charge is 0.277 e. The Labute approximate surface area is 132 Å². The molecule has 3 nitrogen and oxygen atoms in total. The summed E-state index contributed by atoms with van der Waals surface area (Å²) in [6.07, 6.45) is 3.73. The van der Waals surface area contributed by atoms with Gasteiger partial charge in [0.2, 0.25) is 0 Å². The summed E-state index contributed by atoms with van der Waals surface area (Å²) in [5, 5.41) is 0. The lowest BCUT2D eigenvalue weighted by atomic mass is 10.1. The van der Waals surface area contributed by atoms with Crippen LogP contribution in [0.2, 0.25) is 0 Å². The van der Waals surface area contributed by atoms with E-state index < -0.39 is 11.6 Å². The zero-order valence-corrected chi connectivity index (χ0v) is 12.5. The van der Waals surface area contributed by atoms with Gasteiger partial charge in [0.15, 0.2) is 11.6 Å². The first-order valence-corrected chi connectivity index (χ1v) is 7.18. The number of benzene rings is 2. The number of allylic oxidation sites excluding steroid dienone is 1. The number of rotatable bonds is 3. The molecule has 5 heteroatoms. The van der Waals surface area contributed by atoms with Crippen molar-refractivity contribution < 1.29 is 13.6 Å². The van der Waals surface area contributed by atoms with Crippen molar-refractivity contribution in [3.8, 4) is 0 Å². The highest BCUT2D eigenvalue weighted by Gasteiger charge is 2.32. The van der Waals surface area contributed by atoms with Gasteiger partial charge in [-0.2, -0.15) is 0 Å². The van der Waals surface area contributed by atoms with E-state index in [1.54, 1.807) is 11.0 Å². The third-order valence-corrected chi connectivity index (χ3v) is 3.57. The lowest BCUT2D eigenvalue weighted by molar-refractivity contribution is -0.112. The molecular formula is C18H14F2N2O. The van der Waals surface area contributed by atoms with Crippen molar-refractivity contribution in [2.24, 2.45) is 4.99 Å². The molecule has 0 radical (unpaired) electrons. The maximum atomic E-state index is 13.3. The third kappa shape index (κ3) is 2.77. The molecular weight excluding hydrogens is 298 g/mol. The lowest BCUT2D eigenvalue weighted by Crippen LogP contribution is -2.30. The fraction of sp³-hybridized carbons (Fsp3) is 0.111. The van der Waals surface area contributed by atoms with E-state index in [1.807, 2.05) is 37.3 Å². The second-order valence-electron chi connectivity index (χ2n) is 5.06. The summed E-state index contributed by atoms with van der Waals surface area (Å²) in [5.74, 6) is -2.19. The SMILES string of the molecule is C/C=C\CN1C(=O)C(=Nc2ccc(F)c(F)c2)c2ccccc21. The Morgan fingerprint density at radius 1 is 1.13 bits per heavy atom. The molecule has 0 fully saturated rings. The van der Waals surface area contributed by atoms with Crippen LogP contribution in [0.25, 0.3) is 0 Å². The molecule has 3 rings (SSSR count). The molecule has 23 heavy (non-hydrogen) atoms. The fourth-order valence-corrected chi connectivity index (χ4v) is 2.45. The highest BCUT2D eigenvalue weighted by atomic mass is 19.2. The van der Waals surface area contributed by atoms with Crippen LogP contribution < -0.4 is 4.90 Å². The summed E-state index contributed by atoms with van der Waals surface area (Å²) in [4.78, 5) is 18.5. The van der Waals surface area contributed by atoms with Gasteiger partial charge >= 0.3 is 0 Å². The van der Waals surface area contributed by atoms with Crippen LogP contribution in [0.4, 0.5) is 20.2 Å². The maximum absolute atomic E-state index is 13.3. The molecule has 0 atom stereocenters. The Morgan fingerprint density at radius 3 is 2.65 bits per heavy atom. The summed E-state index contributed by atoms with van der Waals surface area (Å²) in [6.45, 7) is 2.31. The second kappa shape index (κ2) is 6.12. The van der Waals surface area contributed by atoms with Crippen LogP contribution in [0.3, 0.4) is 0 Å². The van der Waals surface area contributed by atoms with Crippen molar-refractivity contribution in [3.63, 3.8) is 0 Å². The second-order valence-corrected chi connectivity index (χ2v) is 5.06. The monoisotopic (exact) mass is 312 g/mol. The number of amides is 1. The summed E-state index contributed by atoms with van der Waals surface area (Å²) in [7, 11) is 0. The van der Waals surface area contributed by atoms with Gasteiger partial charge in [0.25, 0.3) is 5.91 Å². The molecule has 0 spiro atoms. The molecule has 1 amide bonds. The topological polar surface area (TPSA) is 32.7 Å². The predicted octanol–water partition coefficient (Wildman–Crippen LogP) is 4.01. The molecule has 0 N–H and O–H groups in total. The summed E-state index contributed by atoms with van der Waals surface area (Å²) >= 11 is 0. The minimum absolute atomic E-state index is 0.204.